The van der Waals surface area contributed by atoms with Gasteiger partial charge >= 0.3 is 0 Å². The molecule has 1 amide bonds. The molecule has 0 fully saturated rings. The van der Waals surface area contributed by atoms with Crippen LogP contribution in [0.5, 0.6) is 0 Å². The maximum atomic E-state index is 12.4. The summed E-state index contributed by atoms with van der Waals surface area (Å²) in [6.07, 6.45) is 1.44. The van der Waals surface area contributed by atoms with E-state index in [2.05, 4.69) is 10.3 Å². The first kappa shape index (κ1) is 15.7. The zero-order chi connectivity index (χ0) is 15.2. The number of amides is 1. The third-order valence-electron chi connectivity index (χ3n) is 3.08. The van der Waals surface area contributed by atoms with Gasteiger partial charge in [-0.3, -0.25) is 4.79 Å². The number of carbonyl (C=O) groups is 1. The van der Waals surface area contributed by atoms with Gasteiger partial charge < -0.3 is 19.2 Å². The van der Waals surface area contributed by atoms with E-state index in [1.54, 1.807) is 0 Å². The van der Waals surface area contributed by atoms with Crippen LogP contribution >= 0.6 is 11.3 Å². The van der Waals surface area contributed by atoms with Crippen molar-refractivity contribution in [2.24, 2.45) is 0 Å². The molecular formula is C14H18N2O4S. The molecule has 0 saturated heterocycles. The highest BCUT2D eigenvalue weighted by molar-refractivity contribution is 7.13. The van der Waals surface area contributed by atoms with Gasteiger partial charge in [0.05, 0.1) is 10.9 Å². The van der Waals surface area contributed by atoms with Crippen molar-refractivity contribution in [3.63, 3.8) is 0 Å². The first-order valence-electron chi connectivity index (χ1n) is 6.55. The lowest BCUT2D eigenvalue weighted by Gasteiger charge is -2.24. The first-order valence-corrected chi connectivity index (χ1v) is 7.43. The first-order chi connectivity index (χ1) is 10.2. The molecule has 114 valence electrons. The molecule has 0 aliphatic carbocycles. The molecule has 0 aromatic carbocycles. The second kappa shape index (κ2) is 7.35. The van der Waals surface area contributed by atoms with E-state index in [1.807, 2.05) is 24.4 Å². The normalized spacial score (nSPS) is 12.6. The summed E-state index contributed by atoms with van der Waals surface area (Å²) in [5.74, 6) is 0.168. The van der Waals surface area contributed by atoms with E-state index in [9.17, 15) is 4.79 Å². The Kier molecular flexibility index (Phi) is 5.49. The molecule has 2 rings (SSSR count). The number of nitrogens with one attached hydrogen (secondary N) is 1. The number of carbonyl (C=O) groups excluding carboxylic acids is 1. The highest BCUT2D eigenvalue weighted by Crippen LogP contribution is 2.27. The van der Waals surface area contributed by atoms with Crippen LogP contribution in [0, 0.1) is 0 Å². The van der Waals surface area contributed by atoms with Gasteiger partial charge in [-0.05, 0) is 17.9 Å². The Morgan fingerprint density at radius 1 is 1.48 bits per heavy atom. The van der Waals surface area contributed by atoms with Crippen molar-refractivity contribution < 1.29 is 18.7 Å². The van der Waals surface area contributed by atoms with Crippen molar-refractivity contribution in [2.45, 2.75) is 25.7 Å². The Hall–Kier alpha value is -1.70. The number of methoxy groups -OCH3 is 2. The number of hydrogen-bond acceptors (Lipinski definition) is 6. The van der Waals surface area contributed by atoms with Gasteiger partial charge in [0.2, 0.25) is 0 Å². The van der Waals surface area contributed by atoms with E-state index in [-0.39, 0.29) is 17.6 Å². The van der Waals surface area contributed by atoms with E-state index in [0.29, 0.717) is 12.2 Å². The SMILES string of the molecule is CCC(NC(=O)c1ncoc1-c1cccs1)C(OC)OC. The molecule has 0 aliphatic heterocycles. The molecule has 21 heavy (non-hydrogen) atoms. The van der Waals surface area contributed by atoms with Gasteiger partial charge in [0, 0.05) is 14.2 Å². The van der Waals surface area contributed by atoms with Crippen molar-refractivity contribution in [3.8, 4) is 10.6 Å². The van der Waals surface area contributed by atoms with Gasteiger partial charge in [-0.25, -0.2) is 4.98 Å². The van der Waals surface area contributed by atoms with Crippen LogP contribution in [0.15, 0.2) is 28.3 Å². The number of hydrogen-bond donors (Lipinski definition) is 1. The van der Waals surface area contributed by atoms with Crippen molar-refractivity contribution >= 4 is 17.2 Å². The Labute approximate surface area is 127 Å². The lowest BCUT2D eigenvalue weighted by Crippen LogP contribution is -2.44. The maximum absolute atomic E-state index is 12.4. The molecular weight excluding hydrogens is 292 g/mol. The summed E-state index contributed by atoms with van der Waals surface area (Å²) < 4.78 is 15.7. The number of ether oxygens (including phenoxy) is 2. The molecule has 6 nitrogen and oxygen atoms in total. The molecule has 7 heteroatoms. The van der Waals surface area contributed by atoms with Crippen molar-refractivity contribution in [1.29, 1.82) is 0 Å². The number of rotatable bonds is 7. The van der Waals surface area contributed by atoms with Crippen LogP contribution in [-0.4, -0.2) is 37.4 Å². The van der Waals surface area contributed by atoms with Gasteiger partial charge in [0.1, 0.15) is 0 Å². The van der Waals surface area contributed by atoms with Crippen LogP contribution < -0.4 is 5.32 Å². The fourth-order valence-corrected chi connectivity index (χ4v) is 2.73. The number of oxazole rings is 1. The number of thiophene rings is 1. The summed E-state index contributed by atoms with van der Waals surface area (Å²) >= 11 is 1.49. The predicted octanol–water partition coefficient (Wildman–Crippen LogP) is 2.53. The molecule has 2 aromatic heterocycles. The minimum atomic E-state index is -0.504. The lowest BCUT2D eigenvalue weighted by molar-refractivity contribution is -0.121. The monoisotopic (exact) mass is 310 g/mol. The third-order valence-corrected chi connectivity index (χ3v) is 3.95. The smallest absolute Gasteiger partial charge is 0.274 e. The Bertz CT molecular complexity index is 563. The summed E-state index contributed by atoms with van der Waals surface area (Å²) in [4.78, 5) is 17.3. The summed E-state index contributed by atoms with van der Waals surface area (Å²) in [7, 11) is 3.08. The molecule has 0 spiro atoms. The summed E-state index contributed by atoms with van der Waals surface area (Å²) in [5, 5.41) is 4.78. The second-order valence-corrected chi connectivity index (χ2v) is 5.28. The molecule has 2 heterocycles. The summed E-state index contributed by atoms with van der Waals surface area (Å²) in [6, 6.07) is 3.51. The van der Waals surface area contributed by atoms with Crippen LogP contribution in [-0.2, 0) is 9.47 Å². The van der Waals surface area contributed by atoms with E-state index < -0.39 is 6.29 Å². The molecule has 0 saturated carbocycles. The molecule has 0 aliphatic rings. The Morgan fingerprint density at radius 2 is 2.24 bits per heavy atom. The fraction of sp³-hybridized carbons (Fsp3) is 0.429. The molecule has 1 atom stereocenters. The predicted molar refractivity (Wildman–Crippen MR) is 79.2 cm³/mol. The average Bonchev–Trinajstić information content (AvgIpc) is 3.17. The summed E-state index contributed by atoms with van der Waals surface area (Å²) in [6.45, 7) is 1.94. The minimum absolute atomic E-state index is 0.264. The highest BCUT2D eigenvalue weighted by atomic mass is 32.1. The molecule has 0 radical (unpaired) electrons. The van der Waals surface area contributed by atoms with E-state index in [4.69, 9.17) is 13.9 Å². The van der Waals surface area contributed by atoms with Gasteiger partial charge in [-0.2, -0.15) is 0 Å². The van der Waals surface area contributed by atoms with Crippen LogP contribution in [0.3, 0.4) is 0 Å². The molecule has 1 N–H and O–H groups in total. The third kappa shape index (κ3) is 3.49. The minimum Gasteiger partial charge on any atom is -0.442 e. The zero-order valence-corrected chi connectivity index (χ0v) is 13.0. The van der Waals surface area contributed by atoms with E-state index >= 15 is 0 Å². The number of aromatic nitrogens is 1. The largest absolute Gasteiger partial charge is 0.442 e. The van der Waals surface area contributed by atoms with Gasteiger partial charge in [0.15, 0.2) is 24.1 Å². The molecule has 1 unspecified atom stereocenters. The zero-order valence-electron chi connectivity index (χ0n) is 12.2. The summed E-state index contributed by atoms with van der Waals surface area (Å²) in [5.41, 5.74) is 0.266. The fourth-order valence-electron chi connectivity index (χ4n) is 2.01. The van der Waals surface area contributed by atoms with E-state index in [1.165, 1.54) is 32.0 Å². The average molecular weight is 310 g/mol. The Morgan fingerprint density at radius 3 is 2.81 bits per heavy atom. The van der Waals surface area contributed by atoms with Gasteiger partial charge in [-0.15, -0.1) is 11.3 Å². The topological polar surface area (TPSA) is 73.6 Å². The maximum Gasteiger partial charge on any atom is 0.274 e. The van der Waals surface area contributed by atoms with Crippen LogP contribution in [0.1, 0.15) is 23.8 Å². The van der Waals surface area contributed by atoms with Gasteiger partial charge in [-0.1, -0.05) is 13.0 Å². The number of nitrogens with zero attached hydrogens (tertiary/aromatic N) is 1. The highest BCUT2D eigenvalue weighted by Gasteiger charge is 2.25. The standard InChI is InChI=1S/C14H18N2O4S/c1-4-9(14(18-2)19-3)16-13(17)11-12(20-8-15-11)10-6-5-7-21-10/h5-9,14H,4H2,1-3H3,(H,16,17). The van der Waals surface area contributed by atoms with Crippen molar-refractivity contribution in [2.75, 3.05) is 14.2 Å². The molecule has 0 bridgehead atoms. The second-order valence-electron chi connectivity index (χ2n) is 4.34. The van der Waals surface area contributed by atoms with Crippen molar-refractivity contribution in [1.82, 2.24) is 10.3 Å². The quantitative estimate of drug-likeness (QED) is 0.796. The molecule has 2 aromatic rings. The van der Waals surface area contributed by atoms with E-state index in [0.717, 1.165) is 4.88 Å². The Balaban J connectivity index is 2.16. The lowest BCUT2D eigenvalue weighted by atomic mass is 10.2. The van der Waals surface area contributed by atoms with Crippen molar-refractivity contribution in [3.05, 3.63) is 29.6 Å². The van der Waals surface area contributed by atoms with Crippen LogP contribution in [0.2, 0.25) is 0 Å². The van der Waals surface area contributed by atoms with Crippen LogP contribution in [0.4, 0.5) is 0 Å². The van der Waals surface area contributed by atoms with Gasteiger partial charge in [0.25, 0.3) is 5.91 Å². The van der Waals surface area contributed by atoms with Crippen LogP contribution in [0.25, 0.3) is 10.6 Å².